The van der Waals surface area contributed by atoms with Gasteiger partial charge in [-0.15, -0.1) is 11.3 Å². The summed E-state index contributed by atoms with van der Waals surface area (Å²) in [6.07, 6.45) is 0. The summed E-state index contributed by atoms with van der Waals surface area (Å²) in [7, 11) is 0. The van der Waals surface area contributed by atoms with Gasteiger partial charge in [-0.3, -0.25) is 15.4 Å². The van der Waals surface area contributed by atoms with E-state index < -0.39 is 18.0 Å². The normalized spacial score (nSPS) is 13.4. The van der Waals surface area contributed by atoms with Gasteiger partial charge < -0.3 is 5.73 Å². The number of amides is 3. The van der Waals surface area contributed by atoms with E-state index in [4.69, 9.17) is 5.73 Å². The van der Waals surface area contributed by atoms with Crippen molar-refractivity contribution in [2.75, 3.05) is 0 Å². The van der Waals surface area contributed by atoms with E-state index in [2.05, 4.69) is 10.6 Å². The number of urea groups is 1. The summed E-state index contributed by atoms with van der Waals surface area (Å²) in [5, 5.41) is 7.34. The summed E-state index contributed by atoms with van der Waals surface area (Å²) in [6.45, 7) is 3.73. The van der Waals surface area contributed by atoms with Crippen LogP contribution in [0.5, 0.6) is 0 Å². The standard InChI is InChI=1S/C16H19N3O2S/c1-10-5-7-12(8-6-10)14(13-4-3-9-22-13)18-11(2)15(20)19-16(17)21/h3-9,11,14,18H,1-2H3,(H3,17,19,20,21)/t11-,14+/m0/s1. The van der Waals surface area contributed by atoms with Gasteiger partial charge in [-0.1, -0.05) is 35.9 Å². The molecule has 0 fully saturated rings. The molecule has 0 bridgehead atoms. The predicted molar refractivity (Wildman–Crippen MR) is 87.7 cm³/mol. The lowest BCUT2D eigenvalue weighted by molar-refractivity contribution is -0.121. The third-order valence-corrected chi connectivity index (χ3v) is 4.23. The molecule has 1 heterocycles. The zero-order chi connectivity index (χ0) is 16.1. The lowest BCUT2D eigenvalue weighted by atomic mass is 10.0. The van der Waals surface area contributed by atoms with Gasteiger partial charge in [0.15, 0.2) is 0 Å². The number of primary amides is 1. The number of imide groups is 1. The van der Waals surface area contributed by atoms with Crippen LogP contribution in [0, 0.1) is 6.92 Å². The Balaban J connectivity index is 2.21. The minimum Gasteiger partial charge on any atom is -0.351 e. The number of hydrogen-bond acceptors (Lipinski definition) is 4. The van der Waals surface area contributed by atoms with Gasteiger partial charge in [-0.05, 0) is 30.9 Å². The maximum atomic E-state index is 11.9. The van der Waals surface area contributed by atoms with Crippen molar-refractivity contribution in [3.63, 3.8) is 0 Å². The van der Waals surface area contributed by atoms with Crippen molar-refractivity contribution < 1.29 is 9.59 Å². The Bertz CT molecular complexity index is 638. The fourth-order valence-electron chi connectivity index (χ4n) is 2.11. The van der Waals surface area contributed by atoms with Crippen molar-refractivity contribution in [1.29, 1.82) is 0 Å². The first-order valence-corrected chi connectivity index (χ1v) is 7.81. The monoisotopic (exact) mass is 317 g/mol. The zero-order valence-corrected chi connectivity index (χ0v) is 13.3. The van der Waals surface area contributed by atoms with Gasteiger partial charge in [0.05, 0.1) is 12.1 Å². The van der Waals surface area contributed by atoms with Crippen LogP contribution in [-0.2, 0) is 4.79 Å². The molecule has 0 aliphatic carbocycles. The maximum Gasteiger partial charge on any atom is 0.318 e. The summed E-state index contributed by atoms with van der Waals surface area (Å²) in [5.41, 5.74) is 7.22. The molecule has 1 aromatic carbocycles. The molecule has 2 atom stereocenters. The van der Waals surface area contributed by atoms with Gasteiger partial charge in [0.2, 0.25) is 5.91 Å². The number of rotatable bonds is 5. The molecule has 4 N–H and O–H groups in total. The summed E-state index contributed by atoms with van der Waals surface area (Å²) >= 11 is 1.61. The van der Waals surface area contributed by atoms with Crippen LogP contribution in [-0.4, -0.2) is 18.0 Å². The Hall–Kier alpha value is -2.18. The summed E-state index contributed by atoms with van der Waals surface area (Å²) < 4.78 is 0. The molecule has 0 aliphatic heterocycles. The van der Waals surface area contributed by atoms with Crippen LogP contribution >= 0.6 is 11.3 Å². The second-order valence-corrected chi connectivity index (χ2v) is 6.08. The molecule has 1 aromatic heterocycles. The van der Waals surface area contributed by atoms with Gasteiger partial charge in [0.1, 0.15) is 0 Å². The Morgan fingerprint density at radius 1 is 1.18 bits per heavy atom. The van der Waals surface area contributed by atoms with E-state index in [-0.39, 0.29) is 6.04 Å². The number of carbonyl (C=O) groups is 2. The average Bonchev–Trinajstić information content (AvgIpc) is 2.98. The molecular formula is C16H19N3O2S. The second-order valence-electron chi connectivity index (χ2n) is 5.10. The number of hydrogen-bond donors (Lipinski definition) is 3. The third-order valence-electron chi connectivity index (χ3n) is 3.29. The van der Waals surface area contributed by atoms with Crippen LogP contribution in [0.15, 0.2) is 41.8 Å². The highest BCUT2D eigenvalue weighted by Gasteiger charge is 2.22. The predicted octanol–water partition coefficient (Wildman–Crippen LogP) is 2.32. The fourth-order valence-corrected chi connectivity index (χ4v) is 2.92. The molecule has 2 rings (SSSR count). The van der Waals surface area contributed by atoms with Crippen LogP contribution in [0.25, 0.3) is 0 Å². The minimum absolute atomic E-state index is 0.116. The number of carbonyl (C=O) groups excluding carboxylic acids is 2. The second kappa shape index (κ2) is 7.20. The Kier molecular flexibility index (Phi) is 5.30. The van der Waals surface area contributed by atoms with E-state index >= 15 is 0 Å². The summed E-state index contributed by atoms with van der Waals surface area (Å²) in [6, 6.07) is 10.6. The van der Waals surface area contributed by atoms with Crippen LogP contribution in [0.4, 0.5) is 4.79 Å². The number of nitrogens with two attached hydrogens (primary N) is 1. The lowest BCUT2D eigenvalue weighted by Crippen LogP contribution is -2.47. The molecule has 0 radical (unpaired) electrons. The Labute approximate surface area is 133 Å². The third kappa shape index (κ3) is 4.16. The first-order valence-electron chi connectivity index (χ1n) is 6.93. The number of benzene rings is 1. The Morgan fingerprint density at radius 2 is 1.86 bits per heavy atom. The maximum absolute atomic E-state index is 11.9. The van der Waals surface area contributed by atoms with Crippen LogP contribution in [0.2, 0.25) is 0 Å². The van der Waals surface area contributed by atoms with Crippen LogP contribution < -0.4 is 16.4 Å². The molecule has 0 aliphatic rings. The molecule has 0 unspecified atom stereocenters. The van der Waals surface area contributed by atoms with Crippen molar-refractivity contribution >= 4 is 23.3 Å². The van der Waals surface area contributed by atoms with E-state index in [0.717, 1.165) is 10.4 Å². The molecule has 116 valence electrons. The van der Waals surface area contributed by atoms with Gasteiger partial charge in [-0.25, -0.2) is 4.79 Å². The largest absolute Gasteiger partial charge is 0.351 e. The number of nitrogens with one attached hydrogen (secondary N) is 2. The van der Waals surface area contributed by atoms with Crippen LogP contribution in [0.1, 0.15) is 29.0 Å². The first-order chi connectivity index (χ1) is 10.5. The van der Waals surface area contributed by atoms with E-state index in [1.165, 1.54) is 5.56 Å². The van der Waals surface area contributed by atoms with E-state index in [9.17, 15) is 9.59 Å². The number of aryl methyl sites for hydroxylation is 1. The molecule has 5 nitrogen and oxygen atoms in total. The van der Waals surface area contributed by atoms with Gasteiger partial charge in [0, 0.05) is 4.88 Å². The quantitative estimate of drug-likeness (QED) is 0.791. The van der Waals surface area contributed by atoms with Crippen molar-refractivity contribution in [2.45, 2.75) is 25.9 Å². The topological polar surface area (TPSA) is 84.2 Å². The van der Waals surface area contributed by atoms with E-state index in [0.29, 0.717) is 0 Å². The number of thiophene rings is 1. The van der Waals surface area contributed by atoms with Crippen LogP contribution in [0.3, 0.4) is 0 Å². The average molecular weight is 317 g/mol. The fraction of sp³-hybridized carbons (Fsp3) is 0.250. The molecular weight excluding hydrogens is 298 g/mol. The smallest absolute Gasteiger partial charge is 0.318 e. The molecule has 22 heavy (non-hydrogen) atoms. The molecule has 3 amide bonds. The zero-order valence-electron chi connectivity index (χ0n) is 12.5. The molecule has 0 saturated carbocycles. The first kappa shape index (κ1) is 16.2. The Morgan fingerprint density at radius 3 is 2.41 bits per heavy atom. The van der Waals surface area contributed by atoms with Crippen molar-refractivity contribution in [3.8, 4) is 0 Å². The molecule has 2 aromatic rings. The molecule has 6 heteroatoms. The van der Waals surface area contributed by atoms with Crippen molar-refractivity contribution in [2.24, 2.45) is 5.73 Å². The van der Waals surface area contributed by atoms with Gasteiger partial charge in [-0.2, -0.15) is 0 Å². The highest BCUT2D eigenvalue weighted by molar-refractivity contribution is 7.10. The minimum atomic E-state index is -0.846. The lowest BCUT2D eigenvalue weighted by Gasteiger charge is -2.22. The highest BCUT2D eigenvalue weighted by Crippen LogP contribution is 2.26. The molecule has 0 saturated heterocycles. The van der Waals surface area contributed by atoms with E-state index in [1.54, 1.807) is 18.3 Å². The van der Waals surface area contributed by atoms with Crippen molar-refractivity contribution in [1.82, 2.24) is 10.6 Å². The summed E-state index contributed by atoms with van der Waals surface area (Å²) in [4.78, 5) is 23.8. The van der Waals surface area contributed by atoms with E-state index in [1.807, 2.05) is 48.7 Å². The highest BCUT2D eigenvalue weighted by atomic mass is 32.1. The van der Waals surface area contributed by atoms with Gasteiger partial charge in [0.25, 0.3) is 0 Å². The molecule has 0 spiro atoms. The summed E-state index contributed by atoms with van der Waals surface area (Å²) in [5.74, 6) is -0.443. The van der Waals surface area contributed by atoms with Crippen molar-refractivity contribution in [3.05, 3.63) is 57.8 Å². The SMILES string of the molecule is Cc1ccc([C@@H](N[C@@H](C)C(=O)NC(N)=O)c2cccs2)cc1. The van der Waals surface area contributed by atoms with Gasteiger partial charge >= 0.3 is 6.03 Å².